The first kappa shape index (κ1) is 13.7. The van der Waals surface area contributed by atoms with Crippen molar-refractivity contribution in [1.29, 1.82) is 5.26 Å². The van der Waals surface area contributed by atoms with Gasteiger partial charge in [0, 0.05) is 6.26 Å². The third kappa shape index (κ3) is 2.84. The van der Waals surface area contributed by atoms with Gasteiger partial charge in [0.15, 0.2) is 23.8 Å². The van der Waals surface area contributed by atoms with Crippen molar-refractivity contribution in [2.45, 2.75) is 49.8 Å². The summed E-state index contributed by atoms with van der Waals surface area (Å²) in [5, 5.41) is 8.64. The highest BCUT2D eigenvalue weighted by Gasteiger charge is 2.51. The van der Waals surface area contributed by atoms with Gasteiger partial charge in [-0.2, -0.15) is 5.26 Å². The summed E-state index contributed by atoms with van der Waals surface area (Å²) in [6, 6.07) is 2.12. The Balaban J connectivity index is 3.09. The maximum atomic E-state index is 11.7. The van der Waals surface area contributed by atoms with Gasteiger partial charge >= 0.3 is 0 Å². The normalized spacial score (nSPS) is 31.3. The minimum absolute atomic E-state index is 0.533. The van der Waals surface area contributed by atoms with Gasteiger partial charge in [0.1, 0.15) is 5.25 Å². The second kappa shape index (κ2) is 4.13. The van der Waals surface area contributed by atoms with Crippen LogP contribution in [0, 0.1) is 11.3 Å². The van der Waals surface area contributed by atoms with Gasteiger partial charge in [-0.05, 0) is 38.9 Å². The predicted molar refractivity (Wildman–Crippen MR) is 65.3 cm³/mol. The molecule has 0 spiro atoms. The molecule has 1 saturated carbocycles. The van der Waals surface area contributed by atoms with Crippen molar-refractivity contribution in [3.05, 3.63) is 0 Å². The summed E-state index contributed by atoms with van der Waals surface area (Å²) in [5.41, 5.74) is -1.10. The molecule has 0 heterocycles. The molecule has 4 nitrogen and oxygen atoms in total. The summed E-state index contributed by atoms with van der Waals surface area (Å²) in [6.07, 6.45) is 3.01. The second-order valence-corrected chi connectivity index (χ2v) is 12.1. The van der Waals surface area contributed by atoms with Crippen LogP contribution < -0.4 is 0 Å². The van der Waals surface area contributed by atoms with Crippen molar-refractivity contribution in [2.24, 2.45) is 0 Å². The number of nitrogens with zero attached hydrogens (tertiary/aromatic N) is 1. The van der Waals surface area contributed by atoms with Gasteiger partial charge in [0.2, 0.25) is 0 Å². The van der Waals surface area contributed by atoms with E-state index in [1.165, 1.54) is 6.26 Å². The van der Waals surface area contributed by atoms with E-state index in [2.05, 4.69) is 6.07 Å². The third-order valence-corrected chi connectivity index (χ3v) is 5.36. The zero-order valence-electron chi connectivity index (χ0n) is 10.3. The van der Waals surface area contributed by atoms with Crippen molar-refractivity contribution >= 4 is 18.2 Å². The number of sulfone groups is 1. The predicted octanol–water partition coefficient (Wildman–Crippen LogP) is 1.70. The number of hydrogen-bond donors (Lipinski definition) is 0. The Kier molecular flexibility index (Phi) is 3.53. The quantitative estimate of drug-likeness (QED) is 0.725. The van der Waals surface area contributed by atoms with E-state index in [-0.39, 0.29) is 0 Å². The van der Waals surface area contributed by atoms with Crippen molar-refractivity contribution in [2.75, 3.05) is 6.26 Å². The van der Waals surface area contributed by atoms with Crippen LogP contribution in [-0.4, -0.2) is 33.8 Å². The Morgan fingerprint density at radius 3 is 2.38 bits per heavy atom. The molecule has 0 N–H and O–H groups in total. The monoisotopic (exact) mass is 261 g/mol. The van der Waals surface area contributed by atoms with E-state index in [0.29, 0.717) is 12.8 Å². The SMILES string of the molecule is C[Si](C)(C)OC1(C#N)CCCC1S(C)(=O)=O. The molecule has 16 heavy (non-hydrogen) atoms. The molecule has 1 fully saturated rings. The maximum absolute atomic E-state index is 11.7. The fourth-order valence-electron chi connectivity index (χ4n) is 2.32. The van der Waals surface area contributed by atoms with E-state index in [1.54, 1.807) is 0 Å². The molecule has 0 aliphatic heterocycles. The Morgan fingerprint density at radius 1 is 1.44 bits per heavy atom. The average Bonchev–Trinajstić information content (AvgIpc) is 2.45. The summed E-state index contributed by atoms with van der Waals surface area (Å²) < 4.78 is 29.2. The van der Waals surface area contributed by atoms with Crippen LogP contribution in [0.1, 0.15) is 19.3 Å². The van der Waals surface area contributed by atoms with Crippen LogP contribution in [0.5, 0.6) is 0 Å². The molecule has 1 aliphatic carbocycles. The molecule has 0 aromatic carbocycles. The fraction of sp³-hybridized carbons (Fsp3) is 0.900. The first-order chi connectivity index (χ1) is 7.11. The highest BCUT2D eigenvalue weighted by Crippen LogP contribution is 2.39. The van der Waals surface area contributed by atoms with E-state index >= 15 is 0 Å². The topological polar surface area (TPSA) is 67.2 Å². The van der Waals surface area contributed by atoms with Gasteiger partial charge in [0.25, 0.3) is 0 Å². The maximum Gasteiger partial charge on any atom is 0.185 e. The number of hydrogen-bond acceptors (Lipinski definition) is 4. The lowest BCUT2D eigenvalue weighted by molar-refractivity contribution is 0.130. The van der Waals surface area contributed by atoms with Crippen LogP contribution in [0.15, 0.2) is 0 Å². The number of nitriles is 1. The second-order valence-electron chi connectivity index (χ2n) is 5.43. The van der Waals surface area contributed by atoms with E-state index in [4.69, 9.17) is 4.43 Å². The lowest BCUT2D eigenvalue weighted by atomic mass is 10.1. The zero-order chi connectivity index (χ0) is 12.6. The molecule has 0 amide bonds. The van der Waals surface area contributed by atoms with Crippen LogP contribution >= 0.6 is 0 Å². The lowest BCUT2D eigenvalue weighted by Crippen LogP contribution is -2.49. The van der Waals surface area contributed by atoms with Gasteiger partial charge < -0.3 is 4.43 Å². The van der Waals surface area contributed by atoms with E-state index in [1.807, 2.05) is 19.6 Å². The smallest absolute Gasteiger partial charge is 0.185 e. The molecule has 92 valence electrons. The Labute approximate surface area is 98.7 Å². The van der Waals surface area contributed by atoms with Crippen molar-refractivity contribution in [3.8, 4) is 6.07 Å². The molecule has 2 unspecified atom stereocenters. The summed E-state index contributed by atoms with van der Waals surface area (Å²) in [7, 11) is -5.14. The van der Waals surface area contributed by atoms with Gasteiger partial charge in [-0.3, -0.25) is 0 Å². The fourth-order valence-corrected chi connectivity index (χ4v) is 5.29. The standard InChI is InChI=1S/C10H19NO3SSi/c1-15(12,13)9-6-5-7-10(9,8-11)14-16(2,3)4/h9H,5-7H2,1-4H3. The average molecular weight is 261 g/mol. The molecule has 0 radical (unpaired) electrons. The zero-order valence-corrected chi connectivity index (χ0v) is 12.1. The van der Waals surface area contributed by atoms with Crippen molar-refractivity contribution in [3.63, 3.8) is 0 Å². The molecule has 0 saturated heterocycles. The van der Waals surface area contributed by atoms with Crippen molar-refractivity contribution < 1.29 is 12.8 Å². The minimum atomic E-state index is -3.22. The molecular weight excluding hydrogens is 242 g/mol. The Morgan fingerprint density at radius 2 is 2.00 bits per heavy atom. The Bertz CT molecular complexity index is 407. The molecule has 0 aromatic rings. The highest BCUT2D eigenvalue weighted by molar-refractivity contribution is 7.91. The molecule has 6 heteroatoms. The summed E-state index contributed by atoms with van der Waals surface area (Å²) in [5.74, 6) is 0. The van der Waals surface area contributed by atoms with Crippen LogP contribution in [0.4, 0.5) is 0 Å². The summed E-state index contributed by atoms with van der Waals surface area (Å²) in [6.45, 7) is 5.93. The third-order valence-electron chi connectivity index (χ3n) is 2.73. The highest BCUT2D eigenvalue weighted by atomic mass is 32.2. The molecule has 0 bridgehead atoms. The van der Waals surface area contributed by atoms with Crippen LogP contribution in [0.25, 0.3) is 0 Å². The summed E-state index contributed by atoms with van der Waals surface area (Å²) >= 11 is 0. The lowest BCUT2D eigenvalue weighted by Gasteiger charge is -2.34. The van der Waals surface area contributed by atoms with Gasteiger partial charge in [0.05, 0.1) is 6.07 Å². The van der Waals surface area contributed by atoms with Gasteiger partial charge in [-0.15, -0.1) is 0 Å². The van der Waals surface area contributed by atoms with Crippen LogP contribution in [0.3, 0.4) is 0 Å². The van der Waals surface area contributed by atoms with Crippen molar-refractivity contribution in [1.82, 2.24) is 0 Å². The van der Waals surface area contributed by atoms with Crippen LogP contribution in [-0.2, 0) is 14.3 Å². The molecule has 2 atom stereocenters. The minimum Gasteiger partial charge on any atom is -0.399 e. The first-order valence-corrected chi connectivity index (χ1v) is 10.8. The van der Waals surface area contributed by atoms with Gasteiger partial charge in [-0.1, -0.05) is 0 Å². The molecule has 1 aliphatic rings. The largest absolute Gasteiger partial charge is 0.399 e. The van der Waals surface area contributed by atoms with E-state index < -0.39 is 29.0 Å². The molecule has 0 aromatic heterocycles. The van der Waals surface area contributed by atoms with E-state index in [0.717, 1.165) is 6.42 Å². The first-order valence-electron chi connectivity index (χ1n) is 5.41. The Hall–Kier alpha value is -0.383. The van der Waals surface area contributed by atoms with Crippen LogP contribution in [0.2, 0.25) is 19.6 Å². The number of rotatable bonds is 3. The van der Waals surface area contributed by atoms with E-state index in [9.17, 15) is 13.7 Å². The molecular formula is C10H19NO3SSi. The molecule has 1 rings (SSSR count). The van der Waals surface area contributed by atoms with Gasteiger partial charge in [-0.25, -0.2) is 8.42 Å². The summed E-state index contributed by atoms with van der Waals surface area (Å²) in [4.78, 5) is 0.